The molecular formula is C24H17FN2O2. The molecule has 1 N–H and O–H groups in total. The van der Waals surface area contributed by atoms with Gasteiger partial charge < -0.3 is 15.0 Å². The van der Waals surface area contributed by atoms with Crippen molar-refractivity contribution in [1.82, 2.24) is 0 Å². The topological polar surface area (TPSA) is 41.6 Å². The fourth-order valence-electron chi connectivity index (χ4n) is 4.86. The molecule has 3 aliphatic rings. The van der Waals surface area contributed by atoms with Gasteiger partial charge in [-0.3, -0.25) is 4.79 Å². The number of hydrogen-bond acceptors (Lipinski definition) is 3. The molecule has 0 aliphatic carbocycles. The van der Waals surface area contributed by atoms with E-state index in [1.54, 1.807) is 6.07 Å². The maximum Gasteiger partial charge on any atom is 0.266 e. The van der Waals surface area contributed by atoms with Gasteiger partial charge in [0.2, 0.25) is 5.60 Å². The molecule has 142 valence electrons. The Labute approximate surface area is 167 Å². The predicted molar refractivity (Wildman–Crippen MR) is 109 cm³/mol. The first kappa shape index (κ1) is 16.5. The van der Waals surface area contributed by atoms with E-state index in [0.717, 1.165) is 16.8 Å². The third kappa shape index (κ3) is 1.93. The third-order valence-corrected chi connectivity index (χ3v) is 6.15. The highest BCUT2D eigenvalue weighted by atomic mass is 19.1. The van der Waals surface area contributed by atoms with Crippen molar-refractivity contribution in [3.8, 4) is 0 Å². The van der Waals surface area contributed by atoms with Gasteiger partial charge in [0.25, 0.3) is 5.91 Å². The summed E-state index contributed by atoms with van der Waals surface area (Å²) in [5.41, 5.74) is 2.24. The zero-order valence-electron chi connectivity index (χ0n) is 15.6. The number of benzene rings is 3. The predicted octanol–water partition coefficient (Wildman–Crippen LogP) is 4.72. The number of rotatable bonds is 0. The van der Waals surface area contributed by atoms with Crippen LogP contribution in [0.25, 0.3) is 6.08 Å². The molecule has 3 heterocycles. The summed E-state index contributed by atoms with van der Waals surface area (Å²) in [6.45, 7) is 1.96. The molecule has 0 radical (unpaired) electrons. The minimum Gasteiger partial charge on any atom is -0.325 e. The van der Waals surface area contributed by atoms with Crippen LogP contribution >= 0.6 is 0 Å². The van der Waals surface area contributed by atoms with Gasteiger partial charge in [0, 0.05) is 28.6 Å². The standard InChI is InChI=1S/C24H17FN2O2/c1-23-17-7-3-2-6-15(17)12-13-27(23)21-9-5-4-8-18(21)24(29-23)19-14-16(25)10-11-20(19)26-22(24)28/h2-14H,1H3,(H,26,28)/t23-,24?/m1/s1. The normalized spacial score (nSPS) is 25.9. The summed E-state index contributed by atoms with van der Waals surface area (Å²) >= 11 is 0. The molecule has 0 aromatic heterocycles. The van der Waals surface area contributed by atoms with Crippen LogP contribution in [0.1, 0.15) is 29.2 Å². The van der Waals surface area contributed by atoms with Crippen LogP contribution in [0, 0.1) is 5.82 Å². The highest BCUT2D eigenvalue weighted by Crippen LogP contribution is 2.57. The summed E-state index contributed by atoms with van der Waals surface area (Å²) in [6, 6.07) is 20.0. The Morgan fingerprint density at radius 1 is 0.966 bits per heavy atom. The van der Waals surface area contributed by atoms with E-state index in [1.807, 2.05) is 72.6 Å². The lowest BCUT2D eigenvalue weighted by atomic mass is 9.80. The summed E-state index contributed by atoms with van der Waals surface area (Å²) in [5, 5.41) is 2.90. The molecule has 29 heavy (non-hydrogen) atoms. The summed E-state index contributed by atoms with van der Waals surface area (Å²) in [5.74, 6) is -0.712. The summed E-state index contributed by atoms with van der Waals surface area (Å²) in [4.78, 5) is 15.5. The van der Waals surface area contributed by atoms with Gasteiger partial charge in [-0.1, -0.05) is 42.5 Å². The number of carbonyl (C=O) groups excluding carboxylic acids is 1. The van der Waals surface area contributed by atoms with Gasteiger partial charge in [0.15, 0.2) is 5.72 Å². The minimum absolute atomic E-state index is 0.307. The molecule has 5 heteroatoms. The van der Waals surface area contributed by atoms with Crippen LogP contribution in [0.4, 0.5) is 15.8 Å². The van der Waals surface area contributed by atoms with E-state index in [4.69, 9.17) is 4.74 Å². The van der Waals surface area contributed by atoms with E-state index in [1.165, 1.54) is 12.1 Å². The highest BCUT2D eigenvalue weighted by Gasteiger charge is 2.60. The van der Waals surface area contributed by atoms with E-state index in [-0.39, 0.29) is 5.91 Å². The van der Waals surface area contributed by atoms with Crippen molar-refractivity contribution < 1.29 is 13.9 Å². The van der Waals surface area contributed by atoms with Crippen LogP contribution in [-0.2, 0) is 20.9 Å². The number of nitrogens with zero attached hydrogens (tertiary/aromatic N) is 1. The Balaban J connectivity index is 1.70. The molecule has 3 aromatic carbocycles. The molecule has 0 fully saturated rings. The van der Waals surface area contributed by atoms with Crippen molar-refractivity contribution in [2.24, 2.45) is 0 Å². The second-order valence-corrected chi connectivity index (χ2v) is 7.70. The fraction of sp³-hybridized carbons (Fsp3) is 0.125. The lowest BCUT2D eigenvalue weighted by Gasteiger charge is -2.53. The van der Waals surface area contributed by atoms with E-state index < -0.39 is 17.1 Å². The van der Waals surface area contributed by atoms with Crippen molar-refractivity contribution >= 4 is 23.4 Å². The quantitative estimate of drug-likeness (QED) is 0.610. The van der Waals surface area contributed by atoms with Crippen LogP contribution in [0.15, 0.2) is 72.9 Å². The van der Waals surface area contributed by atoms with Gasteiger partial charge >= 0.3 is 0 Å². The number of amides is 1. The Morgan fingerprint density at radius 2 is 1.72 bits per heavy atom. The molecule has 4 nitrogen and oxygen atoms in total. The molecule has 0 saturated heterocycles. The van der Waals surface area contributed by atoms with Crippen molar-refractivity contribution in [3.63, 3.8) is 0 Å². The Kier molecular flexibility index (Phi) is 3.04. The SMILES string of the molecule is C[C@]12OC3(C(=O)Nc4ccc(F)cc43)c3ccccc3N1C=Cc1ccccc12. The Hall–Kier alpha value is -3.44. The summed E-state index contributed by atoms with van der Waals surface area (Å²) < 4.78 is 21.0. The van der Waals surface area contributed by atoms with Crippen LogP contribution in [0.2, 0.25) is 0 Å². The smallest absolute Gasteiger partial charge is 0.266 e. The van der Waals surface area contributed by atoms with Crippen molar-refractivity contribution in [2.45, 2.75) is 18.2 Å². The number of para-hydroxylation sites is 1. The first-order chi connectivity index (χ1) is 14.0. The second kappa shape index (κ2) is 5.33. The molecule has 6 rings (SSSR count). The van der Waals surface area contributed by atoms with Crippen LogP contribution in [0.5, 0.6) is 0 Å². The Bertz CT molecular complexity index is 1240. The van der Waals surface area contributed by atoms with E-state index >= 15 is 0 Å². The zero-order chi connectivity index (χ0) is 19.8. The molecular weight excluding hydrogens is 367 g/mol. The number of anilines is 2. The average Bonchev–Trinajstić information content (AvgIpc) is 2.99. The maximum atomic E-state index is 14.3. The van der Waals surface area contributed by atoms with Gasteiger partial charge in [-0.25, -0.2) is 4.39 Å². The van der Waals surface area contributed by atoms with Crippen molar-refractivity contribution in [3.05, 3.63) is 101 Å². The van der Waals surface area contributed by atoms with Crippen LogP contribution in [-0.4, -0.2) is 5.91 Å². The molecule has 1 spiro atoms. The van der Waals surface area contributed by atoms with E-state index in [9.17, 15) is 9.18 Å². The first-order valence-corrected chi connectivity index (χ1v) is 9.52. The van der Waals surface area contributed by atoms with Crippen molar-refractivity contribution in [2.75, 3.05) is 10.2 Å². The van der Waals surface area contributed by atoms with Crippen LogP contribution < -0.4 is 10.2 Å². The van der Waals surface area contributed by atoms with Gasteiger partial charge in [0.05, 0.1) is 5.69 Å². The number of hydrogen-bond donors (Lipinski definition) is 1. The molecule has 3 aromatic rings. The zero-order valence-corrected chi connectivity index (χ0v) is 15.6. The summed E-state index contributed by atoms with van der Waals surface area (Å²) in [6.07, 6.45) is 4.02. The number of ether oxygens (including phenoxy) is 1. The molecule has 0 saturated carbocycles. The van der Waals surface area contributed by atoms with Gasteiger partial charge in [-0.2, -0.15) is 0 Å². The largest absolute Gasteiger partial charge is 0.325 e. The van der Waals surface area contributed by atoms with Crippen LogP contribution in [0.3, 0.4) is 0 Å². The second-order valence-electron chi connectivity index (χ2n) is 7.70. The van der Waals surface area contributed by atoms with Gasteiger partial charge in [-0.15, -0.1) is 0 Å². The number of fused-ring (bicyclic) bond motifs is 8. The number of nitrogens with one attached hydrogen (secondary N) is 1. The fourth-order valence-corrected chi connectivity index (χ4v) is 4.86. The lowest BCUT2D eigenvalue weighted by Crippen LogP contribution is -2.57. The molecule has 1 amide bonds. The third-order valence-electron chi connectivity index (χ3n) is 6.15. The van der Waals surface area contributed by atoms with E-state index in [2.05, 4.69) is 5.32 Å². The number of carbonyl (C=O) groups is 1. The maximum absolute atomic E-state index is 14.3. The molecule has 0 bridgehead atoms. The average molecular weight is 384 g/mol. The molecule has 3 aliphatic heterocycles. The number of halogens is 1. The monoisotopic (exact) mass is 384 g/mol. The molecule has 1 unspecified atom stereocenters. The van der Waals surface area contributed by atoms with Gasteiger partial charge in [0.1, 0.15) is 5.82 Å². The minimum atomic E-state index is -1.43. The van der Waals surface area contributed by atoms with Crippen molar-refractivity contribution in [1.29, 1.82) is 0 Å². The first-order valence-electron chi connectivity index (χ1n) is 9.52. The molecule has 2 atom stereocenters. The summed E-state index contributed by atoms with van der Waals surface area (Å²) in [7, 11) is 0. The highest BCUT2D eigenvalue weighted by molar-refractivity contribution is 6.09. The van der Waals surface area contributed by atoms with Gasteiger partial charge in [-0.05, 0) is 42.8 Å². The Morgan fingerprint density at radius 3 is 2.59 bits per heavy atom. The van der Waals surface area contributed by atoms with E-state index in [0.29, 0.717) is 16.8 Å². The lowest BCUT2D eigenvalue weighted by molar-refractivity contribution is -0.165.